The minimum atomic E-state index is -1.10. The Hall–Kier alpha value is -1.53. The van der Waals surface area contributed by atoms with Crippen molar-refractivity contribution in [1.82, 2.24) is 9.97 Å². The molecular formula is C9H9N3O2S. The van der Waals surface area contributed by atoms with Gasteiger partial charge < -0.3 is 9.90 Å². The van der Waals surface area contributed by atoms with E-state index in [0.717, 1.165) is 10.2 Å². The van der Waals surface area contributed by atoms with E-state index >= 15 is 0 Å². The number of fused-ring (bicyclic) bond motifs is 1. The molecule has 0 aliphatic carbocycles. The number of carbonyl (C=O) groups excluding carboxylic acids is 1. The lowest BCUT2D eigenvalue weighted by Crippen LogP contribution is -2.87. The third kappa shape index (κ3) is 1.95. The van der Waals surface area contributed by atoms with Gasteiger partial charge in [-0.3, -0.25) is 5.32 Å². The molecule has 5 nitrogen and oxygen atoms in total. The van der Waals surface area contributed by atoms with Gasteiger partial charge in [0.05, 0.1) is 11.4 Å². The van der Waals surface area contributed by atoms with Crippen molar-refractivity contribution >= 4 is 33.3 Å². The zero-order valence-electron chi connectivity index (χ0n) is 8.01. The minimum Gasteiger partial charge on any atom is -0.544 e. The highest BCUT2D eigenvalue weighted by Crippen LogP contribution is 2.20. The van der Waals surface area contributed by atoms with Gasteiger partial charge >= 0.3 is 0 Å². The highest BCUT2D eigenvalue weighted by Gasteiger charge is 2.13. The fourth-order valence-corrected chi connectivity index (χ4v) is 1.99. The Balaban J connectivity index is 2.35. The monoisotopic (exact) mass is 223 g/mol. The summed E-state index contributed by atoms with van der Waals surface area (Å²) in [6.07, 6.45) is 1.44. The predicted molar refractivity (Wildman–Crippen MR) is 53.5 cm³/mol. The van der Waals surface area contributed by atoms with Crippen LogP contribution in [0.1, 0.15) is 6.92 Å². The molecule has 2 heterocycles. The Morgan fingerprint density at radius 2 is 2.40 bits per heavy atom. The number of nitrogens with two attached hydrogens (primary N) is 1. The van der Waals surface area contributed by atoms with Gasteiger partial charge in [0.25, 0.3) is 0 Å². The van der Waals surface area contributed by atoms with Crippen LogP contribution in [0.15, 0.2) is 17.8 Å². The highest BCUT2D eigenvalue weighted by molar-refractivity contribution is 7.16. The molecule has 0 radical (unpaired) electrons. The number of aromatic nitrogens is 2. The van der Waals surface area contributed by atoms with Crippen molar-refractivity contribution in [3.63, 3.8) is 0 Å². The van der Waals surface area contributed by atoms with Crippen molar-refractivity contribution in [3.05, 3.63) is 17.8 Å². The molecule has 0 fully saturated rings. The van der Waals surface area contributed by atoms with Gasteiger partial charge in [0, 0.05) is 0 Å². The van der Waals surface area contributed by atoms with E-state index in [1.807, 2.05) is 11.4 Å². The third-order valence-electron chi connectivity index (χ3n) is 2.07. The summed E-state index contributed by atoms with van der Waals surface area (Å²) >= 11 is 1.50. The van der Waals surface area contributed by atoms with Crippen LogP contribution in [0.4, 0.5) is 5.82 Å². The van der Waals surface area contributed by atoms with E-state index in [9.17, 15) is 9.90 Å². The van der Waals surface area contributed by atoms with Crippen LogP contribution in [0.5, 0.6) is 0 Å². The molecule has 78 valence electrons. The van der Waals surface area contributed by atoms with Gasteiger partial charge in [0.2, 0.25) is 5.82 Å². The Labute approximate surface area is 89.8 Å². The third-order valence-corrected chi connectivity index (χ3v) is 2.89. The Kier molecular flexibility index (Phi) is 2.61. The number of carboxylic acid groups (broad SMARTS) is 1. The second-order valence-electron chi connectivity index (χ2n) is 3.17. The normalized spacial score (nSPS) is 12.9. The van der Waals surface area contributed by atoms with Crippen molar-refractivity contribution in [2.24, 2.45) is 0 Å². The summed E-state index contributed by atoms with van der Waals surface area (Å²) in [5.41, 5.74) is 0. The summed E-state index contributed by atoms with van der Waals surface area (Å²) in [6.45, 7) is 1.57. The van der Waals surface area contributed by atoms with Crippen LogP contribution < -0.4 is 10.4 Å². The number of aliphatic carboxylic acids is 1. The number of thiophene rings is 1. The first-order chi connectivity index (χ1) is 7.18. The summed E-state index contributed by atoms with van der Waals surface area (Å²) in [7, 11) is 0. The van der Waals surface area contributed by atoms with E-state index in [1.54, 1.807) is 12.2 Å². The second kappa shape index (κ2) is 3.92. The maximum atomic E-state index is 10.6. The summed E-state index contributed by atoms with van der Waals surface area (Å²) < 4.78 is 0. The van der Waals surface area contributed by atoms with Gasteiger partial charge in [-0.05, 0) is 18.4 Å². The van der Waals surface area contributed by atoms with Crippen LogP contribution in [0, 0.1) is 0 Å². The molecule has 2 rings (SSSR count). The lowest BCUT2D eigenvalue weighted by molar-refractivity contribution is -0.605. The summed E-state index contributed by atoms with van der Waals surface area (Å²) in [6, 6.07) is 1.23. The van der Waals surface area contributed by atoms with E-state index in [2.05, 4.69) is 9.97 Å². The fourth-order valence-electron chi connectivity index (χ4n) is 1.25. The molecular weight excluding hydrogens is 214 g/mol. The van der Waals surface area contributed by atoms with Crippen molar-refractivity contribution in [1.29, 1.82) is 0 Å². The van der Waals surface area contributed by atoms with Crippen LogP contribution in [0.25, 0.3) is 10.2 Å². The lowest BCUT2D eigenvalue weighted by atomic mass is 10.3. The molecule has 0 bridgehead atoms. The molecule has 2 N–H and O–H groups in total. The molecule has 0 saturated carbocycles. The molecule has 15 heavy (non-hydrogen) atoms. The lowest BCUT2D eigenvalue weighted by Gasteiger charge is -2.09. The van der Waals surface area contributed by atoms with Crippen molar-refractivity contribution < 1.29 is 15.2 Å². The highest BCUT2D eigenvalue weighted by atomic mass is 32.1. The van der Waals surface area contributed by atoms with Gasteiger partial charge in [0.15, 0.2) is 0 Å². The van der Waals surface area contributed by atoms with Crippen LogP contribution >= 0.6 is 11.3 Å². The van der Waals surface area contributed by atoms with Crippen LogP contribution in [-0.2, 0) is 4.79 Å². The number of rotatable bonds is 3. The average molecular weight is 223 g/mol. The molecule has 0 unspecified atom stereocenters. The van der Waals surface area contributed by atoms with Crippen molar-refractivity contribution in [2.45, 2.75) is 13.0 Å². The van der Waals surface area contributed by atoms with Crippen LogP contribution in [0.3, 0.4) is 0 Å². The van der Waals surface area contributed by atoms with Crippen molar-refractivity contribution in [2.75, 3.05) is 0 Å². The molecule has 0 aliphatic heterocycles. The van der Waals surface area contributed by atoms with E-state index < -0.39 is 12.0 Å². The molecule has 2 aromatic rings. The number of hydrogen-bond acceptors (Lipinski definition) is 5. The Morgan fingerprint density at radius 3 is 3.13 bits per heavy atom. The number of hydrogen-bond donors (Lipinski definition) is 1. The van der Waals surface area contributed by atoms with Gasteiger partial charge in [-0.1, -0.05) is 0 Å². The maximum absolute atomic E-state index is 10.6. The Morgan fingerprint density at radius 1 is 1.60 bits per heavy atom. The molecule has 0 aliphatic rings. The first-order valence-electron chi connectivity index (χ1n) is 4.42. The number of carboxylic acids is 1. The van der Waals surface area contributed by atoms with E-state index in [1.165, 1.54) is 17.7 Å². The summed E-state index contributed by atoms with van der Waals surface area (Å²) in [5.74, 6) is -0.449. The summed E-state index contributed by atoms with van der Waals surface area (Å²) in [4.78, 5) is 19.6. The molecule has 2 aromatic heterocycles. The second-order valence-corrected chi connectivity index (χ2v) is 4.07. The van der Waals surface area contributed by atoms with Gasteiger partial charge in [-0.25, -0.2) is 4.98 Å². The number of nitrogens with zero attached hydrogens (tertiary/aromatic N) is 2. The predicted octanol–water partition coefficient (Wildman–Crippen LogP) is -0.975. The largest absolute Gasteiger partial charge is 0.544 e. The van der Waals surface area contributed by atoms with Gasteiger partial charge in [0.1, 0.15) is 17.2 Å². The molecule has 0 saturated heterocycles. The van der Waals surface area contributed by atoms with Crippen molar-refractivity contribution in [3.8, 4) is 0 Å². The standard InChI is InChI=1S/C9H9N3O2S/c1-5(9(13)14)12-7-6-2-3-15-8(6)11-4-10-7/h2-5H,1H3,(H,13,14)(H,10,11,12)/t5-/m1/s1. The van der Waals surface area contributed by atoms with Gasteiger partial charge in [-0.15, -0.1) is 11.3 Å². The molecule has 0 amide bonds. The van der Waals surface area contributed by atoms with Crippen LogP contribution in [-0.4, -0.2) is 22.0 Å². The molecule has 0 aromatic carbocycles. The minimum absolute atomic E-state index is 0.650. The molecule has 0 spiro atoms. The maximum Gasteiger partial charge on any atom is 0.236 e. The average Bonchev–Trinajstić information content (AvgIpc) is 2.66. The quantitative estimate of drug-likeness (QED) is 0.725. The number of carbonyl (C=O) groups is 1. The van der Waals surface area contributed by atoms with Crippen LogP contribution in [0.2, 0.25) is 0 Å². The summed E-state index contributed by atoms with van der Waals surface area (Å²) in [5, 5.41) is 15.0. The topological polar surface area (TPSA) is 82.5 Å². The Bertz CT molecular complexity index is 497. The van der Waals surface area contributed by atoms with E-state index in [4.69, 9.17) is 0 Å². The first-order valence-corrected chi connectivity index (χ1v) is 5.30. The molecule has 6 heteroatoms. The zero-order valence-corrected chi connectivity index (χ0v) is 8.82. The van der Waals surface area contributed by atoms with E-state index in [-0.39, 0.29) is 0 Å². The molecule has 1 atom stereocenters. The first kappa shape index (κ1) is 10.0. The smallest absolute Gasteiger partial charge is 0.236 e. The fraction of sp³-hybridized carbons (Fsp3) is 0.222. The van der Waals surface area contributed by atoms with E-state index in [0.29, 0.717) is 5.82 Å². The zero-order chi connectivity index (χ0) is 10.8. The SMILES string of the molecule is C[C@@H]([NH2+]c1ncnc2sccc12)C(=O)[O-]. The van der Waals surface area contributed by atoms with Gasteiger partial charge in [-0.2, -0.15) is 4.98 Å². The number of quaternary nitrogens is 1.